The molecule has 166 valence electrons. The van der Waals surface area contributed by atoms with Gasteiger partial charge in [0.2, 0.25) is 0 Å². The molecule has 27 heteroatoms. The minimum absolute atomic E-state index is 0.408. The fraction of sp³-hybridized carbons (Fsp3) is 0. The molecule has 2 atom stereocenters. The number of hydrogen-bond acceptors (Lipinski definition) is 13. The number of aromatic nitrogens is 4. The van der Waals surface area contributed by atoms with E-state index in [2.05, 4.69) is 28.0 Å². The number of nitrogens with zero attached hydrogens (tertiary/aromatic N) is 3. The normalized spacial score (nSPS) is 18.7. The molecular weight excluding hydrogens is 527 g/mol. The van der Waals surface area contributed by atoms with Crippen molar-refractivity contribution in [1.29, 1.82) is 0 Å². The van der Waals surface area contributed by atoms with Gasteiger partial charge in [-0.3, -0.25) is 0 Å². The van der Waals surface area contributed by atoms with Crippen molar-refractivity contribution in [3.05, 3.63) is 0 Å². The number of nitrogens with one attached hydrogen (secondary N) is 2. The summed E-state index contributed by atoms with van der Waals surface area (Å²) in [6, 6.07) is 0. The van der Waals surface area contributed by atoms with Gasteiger partial charge in [0.05, 0.1) is 0 Å². The summed E-state index contributed by atoms with van der Waals surface area (Å²) >= 11 is -4.09. The Bertz CT molecular complexity index is 1060. The number of aromatic amines is 1. The summed E-state index contributed by atoms with van der Waals surface area (Å²) in [6.45, 7) is 0. The van der Waals surface area contributed by atoms with Crippen LogP contribution in [0.3, 0.4) is 0 Å². The van der Waals surface area contributed by atoms with Crippen molar-refractivity contribution < 1.29 is 71.1 Å². The quantitative estimate of drug-likeness (QED) is 0.0629. The zero-order valence-electron chi connectivity index (χ0n) is 12.2. The fourth-order valence-corrected chi connectivity index (χ4v) is 19.0. The Balaban J connectivity index is 4.22. The van der Waals surface area contributed by atoms with Crippen LogP contribution in [0.4, 0.5) is 0 Å². The van der Waals surface area contributed by atoms with E-state index >= 15 is 0 Å². The van der Waals surface area contributed by atoms with Crippen LogP contribution in [0.5, 0.6) is 0 Å². The van der Waals surface area contributed by atoms with Crippen LogP contribution < -0.4 is 10.5 Å². The van der Waals surface area contributed by atoms with Gasteiger partial charge in [0.25, 0.3) is 0 Å². The maximum atomic E-state index is 12.6. The van der Waals surface area contributed by atoms with Crippen molar-refractivity contribution in [2.45, 2.75) is 0 Å². The molecule has 0 spiro atoms. The third-order valence-electron chi connectivity index (χ3n) is 2.28. The van der Waals surface area contributed by atoms with Gasteiger partial charge in [0.1, 0.15) is 0 Å². The van der Waals surface area contributed by atoms with Gasteiger partial charge in [-0.15, -0.1) is 0 Å². The molecule has 21 nitrogen and oxygen atoms in total. The van der Waals surface area contributed by atoms with Crippen LogP contribution in [0.1, 0.15) is 0 Å². The van der Waals surface area contributed by atoms with Gasteiger partial charge in [0.15, 0.2) is 0 Å². The molecule has 0 aliphatic heterocycles. The second-order valence-corrected chi connectivity index (χ2v) is 20.4. The summed E-state index contributed by atoms with van der Waals surface area (Å²) in [7, 11) is -25.8. The third-order valence-corrected chi connectivity index (χ3v) is 21.8. The van der Waals surface area contributed by atoms with Crippen molar-refractivity contribution in [3.63, 3.8) is 0 Å². The zero-order chi connectivity index (χ0) is 22.3. The number of rotatable bonds is 10. The van der Waals surface area contributed by atoms with Crippen LogP contribution in [0.15, 0.2) is 0 Å². The molecular formula is CH8N5O16P3S3. The van der Waals surface area contributed by atoms with E-state index in [1.807, 2.05) is 0 Å². The van der Waals surface area contributed by atoms with Crippen LogP contribution in [0, 0.1) is 0 Å². The predicted octanol–water partition coefficient (Wildman–Crippen LogP) is -3.30. The van der Waals surface area contributed by atoms with Gasteiger partial charge in [-0.05, 0) is 0 Å². The molecule has 0 amide bonds. The first-order chi connectivity index (χ1) is 12.3. The molecule has 0 saturated carbocycles. The Hall–Kier alpha value is -0.390. The van der Waals surface area contributed by atoms with Crippen molar-refractivity contribution in [2.24, 2.45) is 0 Å². The average molecular weight is 535 g/mol. The van der Waals surface area contributed by atoms with Gasteiger partial charge in [0, 0.05) is 0 Å². The SMILES string of the molecule is O=S(O)OP(ONS(=O)(=O)O)(c1nn[nH]n1)(P(=O)(O)O)P(=O)(O)OS(=O)(=O)O. The van der Waals surface area contributed by atoms with E-state index in [0.29, 0.717) is 4.89 Å². The molecule has 2 unspecified atom stereocenters. The Labute approximate surface area is 155 Å². The second kappa shape index (κ2) is 7.70. The molecule has 0 aromatic carbocycles. The van der Waals surface area contributed by atoms with Crippen molar-refractivity contribution in [1.82, 2.24) is 25.5 Å². The summed E-state index contributed by atoms with van der Waals surface area (Å²) < 4.78 is 117. The van der Waals surface area contributed by atoms with Crippen LogP contribution in [-0.2, 0) is 53.8 Å². The van der Waals surface area contributed by atoms with Gasteiger partial charge in [-0.2, -0.15) is 0 Å². The second-order valence-electron chi connectivity index (χ2n) is 4.03. The van der Waals surface area contributed by atoms with Crippen LogP contribution >= 0.6 is 21.0 Å². The summed E-state index contributed by atoms with van der Waals surface area (Å²) in [5.41, 5.74) is -1.98. The van der Waals surface area contributed by atoms with Crippen molar-refractivity contribution in [2.75, 3.05) is 0 Å². The van der Waals surface area contributed by atoms with Crippen LogP contribution in [0.25, 0.3) is 0 Å². The molecule has 28 heavy (non-hydrogen) atoms. The summed E-state index contributed by atoms with van der Waals surface area (Å²) in [4.78, 5) is 29.7. The zero-order valence-corrected chi connectivity index (χ0v) is 17.3. The van der Waals surface area contributed by atoms with E-state index in [0.717, 1.165) is 0 Å². The molecule has 0 aliphatic rings. The molecule has 1 aromatic heterocycles. The maximum absolute atomic E-state index is 12.6. The Kier molecular flexibility index (Phi) is 7.05. The standard InChI is InChI=1S/CH8N5O16P3S3/c7-23(8,9)25(22-26(12)13,1-2-4-5-3-1,20-6-27(14,15)16)24(10,11)21-28(17,18)19/h6H,(H,10,11)(H,12,13)(H2,7,8,9)(H,14,15,16)(H,17,18,19)(H,2,3,4,5). The molecule has 1 rings (SSSR count). The van der Waals surface area contributed by atoms with Gasteiger partial charge < -0.3 is 0 Å². The Morgan fingerprint density at radius 1 is 1.14 bits per heavy atom. The molecule has 1 aromatic rings. The molecule has 0 saturated heterocycles. The first-order valence-corrected chi connectivity index (χ1v) is 15.9. The molecule has 1 heterocycles. The Morgan fingerprint density at radius 3 is 2.00 bits per heavy atom. The first-order valence-electron chi connectivity index (χ1n) is 5.35. The van der Waals surface area contributed by atoms with Crippen molar-refractivity contribution >= 4 is 58.6 Å². The van der Waals surface area contributed by atoms with E-state index in [-0.39, 0.29) is 0 Å². The monoisotopic (exact) mass is 535 g/mol. The van der Waals surface area contributed by atoms with E-state index in [1.54, 1.807) is 0 Å². The number of hydrogen-bond donors (Lipinski definition) is 8. The average Bonchev–Trinajstić information content (AvgIpc) is 2.92. The van der Waals surface area contributed by atoms with Gasteiger partial charge in [-0.1, -0.05) is 0 Å². The van der Waals surface area contributed by atoms with E-state index < -0.39 is 58.6 Å². The minimum atomic E-state index is -7.90. The van der Waals surface area contributed by atoms with Gasteiger partial charge >= 0.3 is 155 Å². The van der Waals surface area contributed by atoms with Crippen molar-refractivity contribution in [3.8, 4) is 0 Å². The number of H-pyrrole nitrogens is 1. The van der Waals surface area contributed by atoms with Crippen LogP contribution in [0.2, 0.25) is 0 Å². The van der Waals surface area contributed by atoms with Crippen LogP contribution in [-0.4, -0.2) is 70.0 Å². The molecule has 0 fully saturated rings. The topological polar surface area (TPSA) is 335 Å². The first kappa shape index (κ1) is 25.6. The molecule has 8 N–H and O–H groups in total. The molecule has 0 bridgehead atoms. The predicted molar refractivity (Wildman–Crippen MR) is 82.9 cm³/mol. The van der Waals surface area contributed by atoms with E-state index in [4.69, 9.17) is 13.7 Å². The third kappa shape index (κ3) is 4.52. The number of tetrazole rings is 1. The summed E-state index contributed by atoms with van der Waals surface area (Å²) in [5, 5.41) is 9.69. The summed E-state index contributed by atoms with van der Waals surface area (Å²) in [6.07, 6.45) is -7.90. The summed E-state index contributed by atoms with van der Waals surface area (Å²) in [5.74, 6) is 0. The molecule has 0 aliphatic carbocycles. The fourth-order valence-electron chi connectivity index (χ4n) is 1.39. The van der Waals surface area contributed by atoms with E-state index in [1.165, 1.54) is 5.21 Å². The molecule has 0 radical (unpaired) electrons. The van der Waals surface area contributed by atoms with E-state index in [9.17, 15) is 44.9 Å². The Morgan fingerprint density at radius 2 is 1.68 bits per heavy atom. The van der Waals surface area contributed by atoms with Gasteiger partial charge in [-0.25, -0.2) is 0 Å².